The molecule has 1 unspecified atom stereocenters. The molecule has 0 bridgehead atoms. The van der Waals surface area contributed by atoms with Crippen LogP contribution < -0.4 is 15.4 Å². The third-order valence-corrected chi connectivity index (χ3v) is 3.66. The Balaban J connectivity index is 2.06. The minimum Gasteiger partial charge on any atom is -0.497 e. The van der Waals surface area contributed by atoms with Crippen molar-refractivity contribution in [1.29, 1.82) is 0 Å². The average molecular weight is 286 g/mol. The lowest BCUT2D eigenvalue weighted by atomic mass is 9.93. The van der Waals surface area contributed by atoms with Gasteiger partial charge in [0.05, 0.1) is 13.2 Å². The van der Waals surface area contributed by atoms with E-state index in [1.54, 1.807) is 7.11 Å². The fourth-order valence-corrected chi connectivity index (χ4v) is 2.58. The Morgan fingerprint density at radius 3 is 2.57 bits per heavy atom. The first-order valence-electron chi connectivity index (χ1n) is 6.89. The maximum atomic E-state index is 11.8. The molecular formula is C15H18N4O2. The van der Waals surface area contributed by atoms with Crippen LogP contribution in [0.2, 0.25) is 0 Å². The molecule has 6 heteroatoms. The highest BCUT2D eigenvalue weighted by atomic mass is 16.5. The van der Waals surface area contributed by atoms with Gasteiger partial charge in [0.15, 0.2) is 5.82 Å². The second-order valence-electron chi connectivity index (χ2n) is 5.36. The van der Waals surface area contributed by atoms with E-state index < -0.39 is 0 Å². The summed E-state index contributed by atoms with van der Waals surface area (Å²) >= 11 is 0. The summed E-state index contributed by atoms with van der Waals surface area (Å²) < 4.78 is 5.18. The number of rotatable bonds is 3. The van der Waals surface area contributed by atoms with Gasteiger partial charge in [0.2, 0.25) is 0 Å². The van der Waals surface area contributed by atoms with Crippen LogP contribution in [0.15, 0.2) is 24.3 Å². The Kier molecular flexibility index (Phi) is 3.29. The summed E-state index contributed by atoms with van der Waals surface area (Å²) in [4.78, 5) is 11.8. The fourth-order valence-electron chi connectivity index (χ4n) is 2.58. The molecule has 0 radical (unpaired) electrons. The first-order valence-corrected chi connectivity index (χ1v) is 6.89. The van der Waals surface area contributed by atoms with Gasteiger partial charge in [-0.25, -0.2) is 4.79 Å². The smallest absolute Gasteiger partial charge is 0.321 e. The SMILES string of the molecule is COc1ccc(C2NC(=O)Nc3n[nH]c(C(C)C)c32)cc1. The molecule has 0 fully saturated rings. The molecule has 1 atom stereocenters. The number of ether oxygens (including phenoxy) is 1. The lowest BCUT2D eigenvalue weighted by Gasteiger charge is -2.26. The van der Waals surface area contributed by atoms with Crippen LogP contribution in [-0.4, -0.2) is 23.3 Å². The number of urea groups is 1. The number of hydrogen-bond donors (Lipinski definition) is 3. The number of methoxy groups -OCH3 is 1. The fraction of sp³-hybridized carbons (Fsp3) is 0.333. The number of hydrogen-bond acceptors (Lipinski definition) is 3. The molecule has 21 heavy (non-hydrogen) atoms. The number of H-pyrrole nitrogens is 1. The van der Waals surface area contributed by atoms with Crippen LogP contribution in [0.5, 0.6) is 5.75 Å². The number of carbonyl (C=O) groups is 1. The monoisotopic (exact) mass is 286 g/mol. The molecule has 1 aliphatic heterocycles. The Labute approximate surface area is 122 Å². The molecule has 1 aliphatic rings. The summed E-state index contributed by atoms with van der Waals surface area (Å²) in [5.41, 5.74) is 3.02. The summed E-state index contributed by atoms with van der Waals surface area (Å²) in [5, 5.41) is 12.9. The van der Waals surface area contributed by atoms with Gasteiger partial charge in [0.1, 0.15) is 5.75 Å². The van der Waals surface area contributed by atoms with Gasteiger partial charge in [-0.05, 0) is 23.6 Å². The third-order valence-electron chi connectivity index (χ3n) is 3.66. The molecule has 3 rings (SSSR count). The van der Waals surface area contributed by atoms with E-state index in [1.165, 1.54) is 0 Å². The predicted molar refractivity (Wildman–Crippen MR) is 79.7 cm³/mol. The Morgan fingerprint density at radius 2 is 1.95 bits per heavy atom. The van der Waals surface area contributed by atoms with Crippen molar-refractivity contribution >= 4 is 11.8 Å². The first kappa shape index (κ1) is 13.5. The van der Waals surface area contributed by atoms with E-state index in [9.17, 15) is 4.79 Å². The Hall–Kier alpha value is -2.50. The lowest BCUT2D eigenvalue weighted by Crippen LogP contribution is -2.38. The molecular weight excluding hydrogens is 268 g/mol. The van der Waals surface area contributed by atoms with E-state index in [2.05, 4.69) is 34.7 Å². The zero-order valence-corrected chi connectivity index (χ0v) is 12.2. The van der Waals surface area contributed by atoms with Gasteiger partial charge < -0.3 is 10.1 Å². The summed E-state index contributed by atoms with van der Waals surface area (Å²) in [6, 6.07) is 7.23. The molecule has 0 aliphatic carbocycles. The molecule has 110 valence electrons. The largest absolute Gasteiger partial charge is 0.497 e. The summed E-state index contributed by atoms with van der Waals surface area (Å²) in [6.07, 6.45) is 0. The predicted octanol–water partition coefficient (Wildman–Crippen LogP) is 2.77. The van der Waals surface area contributed by atoms with Gasteiger partial charge >= 0.3 is 6.03 Å². The summed E-state index contributed by atoms with van der Waals surface area (Å²) in [6.45, 7) is 4.19. The lowest BCUT2D eigenvalue weighted by molar-refractivity contribution is 0.249. The van der Waals surface area contributed by atoms with E-state index >= 15 is 0 Å². The van der Waals surface area contributed by atoms with E-state index in [0.29, 0.717) is 11.7 Å². The van der Waals surface area contributed by atoms with Crippen LogP contribution in [0.3, 0.4) is 0 Å². The molecule has 3 N–H and O–H groups in total. The normalized spacial score (nSPS) is 17.1. The van der Waals surface area contributed by atoms with Crippen LogP contribution in [-0.2, 0) is 0 Å². The minimum atomic E-state index is -0.245. The maximum Gasteiger partial charge on any atom is 0.321 e. The Bertz CT molecular complexity index is 661. The van der Waals surface area contributed by atoms with Gasteiger partial charge in [-0.3, -0.25) is 10.4 Å². The molecule has 1 aromatic carbocycles. The van der Waals surface area contributed by atoms with Crippen molar-refractivity contribution in [2.45, 2.75) is 25.8 Å². The van der Waals surface area contributed by atoms with Crippen molar-refractivity contribution in [2.75, 3.05) is 12.4 Å². The van der Waals surface area contributed by atoms with Crippen LogP contribution >= 0.6 is 0 Å². The van der Waals surface area contributed by atoms with E-state index in [-0.39, 0.29) is 12.1 Å². The number of aromatic amines is 1. The molecule has 1 aromatic heterocycles. The van der Waals surface area contributed by atoms with Crippen LogP contribution in [0.25, 0.3) is 0 Å². The number of nitrogens with zero attached hydrogens (tertiary/aromatic N) is 1. The Morgan fingerprint density at radius 1 is 1.24 bits per heavy atom. The van der Waals surface area contributed by atoms with E-state index in [0.717, 1.165) is 22.6 Å². The standard InChI is InChI=1S/C15H18N4O2/c1-8(2)12-11-13(9-4-6-10(21-3)7-5-9)16-15(20)17-14(11)19-18-12/h4-8,13H,1-3H3,(H3,16,17,18,19,20). The van der Waals surface area contributed by atoms with Crippen molar-refractivity contribution in [1.82, 2.24) is 15.5 Å². The number of carbonyl (C=O) groups excluding carboxylic acids is 1. The molecule has 0 spiro atoms. The minimum absolute atomic E-state index is 0.212. The van der Waals surface area contributed by atoms with Crippen LogP contribution in [0, 0.1) is 0 Å². The highest BCUT2D eigenvalue weighted by molar-refractivity contribution is 5.92. The van der Waals surface area contributed by atoms with Crippen molar-refractivity contribution in [3.8, 4) is 5.75 Å². The van der Waals surface area contributed by atoms with Crippen molar-refractivity contribution < 1.29 is 9.53 Å². The molecule has 6 nitrogen and oxygen atoms in total. The number of fused-ring (bicyclic) bond motifs is 1. The summed E-state index contributed by atoms with van der Waals surface area (Å²) in [7, 11) is 1.63. The maximum absolute atomic E-state index is 11.8. The number of aromatic nitrogens is 2. The molecule has 2 heterocycles. The quantitative estimate of drug-likeness (QED) is 0.811. The zero-order chi connectivity index (χ0) is 15.0. The van der Waals surface area contributed by atoms with Gasteiger partial charge in [0, 0.05) is 11.3 Å². The van der Waals surface area contributed by atoms with Crippen molar-refractivity contribution in [3.05, 3.63) is 41.1 Å². The number of anilines is 1. The zero-order valence-electron chi connectivity index (χ0n) is 12.2. The van der Waals surface area contributed by atoms with Gasteiger partial charge in [-0.2, -0.15) is 5.10 Å². The van der Waals surface area contributed by atoms with Gasteiger partial charge in [-0.1, -0.05) is 26.0 Å². The number of amides is 2. The molecule has 0 saturated heterocycles. The number of benzene rings is 1. The van der Waals surface area contributed by atoms with Crippen molar-refractivity contribution in [3.63, 3.8) is 0 Å². The van der Waals surface area contributed by atoms with E-state index in [4.69, 9.17) is 4.74 Å². The molecule has 2 amide bonds. The van der Waals surface area contributed by atoms with Crippen LogP contribution in [0.4, 0.5) is 10.6 Å². The highest BCUT2D eigenvalue weighted by Crippen LogP contribution is 2.36. The average Bonchev–Trinajstić information content (AvgIpc) is 2.90. The third kappa shape index (κ3) is 2.33. The first-order chi connectivity index (χ1) is 10.1. The second kappa shape index (κ2) is 5.12. The number of nitrogens with one attached hydrogen (secondary N) is 3. The van der Waals surface area contributed by atoms with Crippen molar-refractivity contribution in [2.24, 2.45) is 0 Å². The topological polar surface area (TPSA) is 79.0 Å². The second-order valence-corrected chi connectivity index (χ2v) is 5.36. The molecule has 2 aromatic rings. The van der Waals surface area contributed by atoms with Gasteiger partial charge in [-0.15, -0.1) is 0 Å². The van der Waals surface area contributed by atoms with E-state index in [1.807, 2.05) is 24.3 Å². The van der Waals surface area contributed by atoms with Crippen LogP contribution in [0.1, 0.15) is 42.6 Å². The highest BCUT2D eigenvalue weighted by Gasteiger charge is 2.31. The summed E-state index contributed by atoms with van der Waals surface area (Å²) in [5.74, 6) is 1.68. The molecule has 0 saturated carbocycles. The van der Waals surface area contributed by atoms with Gasteiger partial charge in [0.25, 0.3) is 0 Å².